The van der Waals surface area contributed by atoms with Gasteiger partial charge in [-0.25, -0.2) is 0 Å². The molecular formula is C28H30BrClN2O3. The molecule has 0 bridgehead atoms. The first-order chi connectivity index (χ1) is 16.9. The topological polar surface area (TPSA) is 58.6 Å². The van der Waals surface area contributed by atoms with E-state index in [1.807, 2.05) is 67.6 Å². The predicted molar refractivity (Wildman–Crippen MR) is 144 cm³/mol. The van der Waals surface area contributed by atoms with Crippen molar-refractivity contribution < 1.29 is 14.3 Å². The first-order valence-corrected chi connectivity index (χ1v) is 12.8. The highest BCUT2D eigenvalue weighted by Gasteiger charge is 2.30. The first-order valence-electron chi connectivity index (χ1n) is 11.7. The van der Waals surface area contributed by atoms with Gasteiger partial charge in [-0.05, 0) is 70.2 Å². The minimum Gasteiger partial charge on any atom is -0.483 e. The lowest BCUT2D eigenvalue weighted by Crippen LogP contribution is -2.51. The molecular weight excluding hydrogens is 528 g/mol. The number of halogens is 2. The smallest absolute Gasteiger partial charge is 0.261 e. The van der Waals surface area contributed by atoms with E-state index in [1.54, 1.807) is 17.0 Å². The Labute approximate surface area is 220 Å². The number of nitrogens with one attached hydrogen (secondary N) is 1. The van der Waals surface area contributed by atoms with Crippen LogP contribution in [0.25, 0.3) is 0 Å². The molecule has 0 aliphatic rings. The monoisotopic (exact) mass is 556 g/mol. The molecule has 0 radical (unpaired) electrons. The van der Waals surface area contributed by atoms with Crippen LogP contribution in [0.15, 0.2) is 77.3 Å². The van der Waals surface area contributed by atoms with Gasteiger partial charge in [0.2, 0.25) is 5.91 Å². The Kier molecular flexibility index (Phi) is 10.2. The molecule has 0 spiro atoms. The van der Waals surface area contributed by atoms with Gasteiger partial charge in [0.05, 0.1) is 4.47 Å². The van der Waals surface area contributed by atoms with E-state index in [2.05, 4.69) is 28.2 Å². The molecule has 7 heteroatoms. The van der Waals surface area contributed by atoms with Crippen molar-refractivity contribution in [2.24, 2.45) is 0 Å². The van der Waals surface area contributed by atoms with E-state index < -0.39 is 6.04 Å². The van der Waals surface area contributed by atoms with E-state index in [1.165, 1.54) is 0 Å². The van der Waals surface area contributed by atoms with E-state index in [0.717, 1.165) is 27.6 Å². The molecule has 3 aromatic carbocycles. The molecule has 3 rings (SSSR count). The van der Waals surface area contributed by atoms with Crippen LogP contribution in [-0.2, 0) is 29.0 Å². The van der Waals surface area contributed by atoms with Gasteiger partial charge in [-0.2, -0.15) is 0 Å². The average molecular weight is 558 g/mol. The van der Waals surface area contributed by atoms with Gasteiger partial charge >= 0.3 is 0 Å². The summed E-state index contributed by atoms with van der Waals surface area (Å²) in [5.74, 6) is 0.0831. The van der Waals surface area contributed by atoms with Gasteiger partial charge in [0.25, 0.3) is 5.91 Å². The minimum atomic E-state index is -0.710. The lowest BCUT2D eigenvalue weighted by molar-refractivity contribution is -0.142. The number of rotatable bonds is 11. The Balaban J connectivity index is 1.89. The Bertz CT molecular complexity index is 1140. The minimum absolute atomic E-state index is 0.199. The molecule has 2 amide bonds. The average Bonchev–Trinajstić information content (AvgIpc) is 2.86. The summed E-state index contributed by atoms with van der Waals surface area (Å²) in [4.78, 5) is 28.3. The normalized spacial score (nSPS) is 11.5. The summed E-state index contributed by atoms with van der Waals surface area (Å²) in [6, 6.07) is 22.1. The van der Waals surface area contributed by atoms with Crippen molar-refractivity contribution in [2.45, 2.75) is 39.3 Å². The molecule has 0 aliphatic carbocycles. The van der Waals surface area contributed by atoms with Crippen LogP contribution in [0, 0.1) is 0 Å². The van der Waals surface area contributed by atoms with E-state index in [0.29, 0.717) is 23.7 Å². The highest BCUT2D eigenvalue weighted by atomic mass is 79.9. The first kappa shape index (κ1) is 26.8. The highest BCUT2D eigenvalue weighted by Crippen LogP contribution is 2.26. The van der Waals surface area contributed by atoms with Crippen LogP contribution in [0.1, 0.15) is 30.5 Å². The van der Waals surface area contributed by atoms with Crippen LogP contribution in [0.4, 0.5) is 0 Å². The summed E-state index contributed by atoms with van der Waals surface area (Å²) >= 11 is 9.73. The summed E-state index contributed by atoms with van der Waals surface area (Å²) in [6.45, 7) is 4.44. The second-order valence-corrected chi connectivity index (χ2v) is 9.45. The van der Waals surface area contributed by atoms with Crippen molar-refractivity contribution in [1.82, 2.24) is 10.2 Å². The van der Waals surface area contributed by atoms with Gasteiger partial charge in [0.15, 0.2) is 6.61 Å². The lowest BCUT2D eigenvalue weighted by atomic mass is 10.0. The number of carbonyl (C=O) groups is 2. The Morgan fingerprint density at radius 2 is 1.71 bits per heavy atom. The lowest BCUT2D eigenvalue weighted by Gasteiger charge is -2.31. The largest absolute Gasteiger partial charge is 0.483 e. The van der Waals surface area contributed by atoms with E-state index in [-0.39, 0.29) is 25.0 Å². The van der Waals surface area contributed by atoms with Crippen molar-refractivity contribution in [2.75, 3.05) is 13.2 Å². The third-order valence-electron chi connectivity index (χ3n) is 5.62. The maximum atomic E-state index is 13.6. The van der Waals surface area contributed by atoms with Crippen molar-refractivity contribution in [3.05, 3.63) is 99.0 Å². The summed E-state index contributed by atoms with van der Waals surface area (Å²) in [5.41, 5.74) is 2.96. The van der Waals surface area contributed by atoms with Crippen LogP contribution < -0.4 is 10.1 Å². The summed E-state index contributed by atoms with van der Waals surface area (Å²) in [6.07, 6.45) is 1.28. The van der Waals surface area contributed by atoms with E-state index in [4.69, 9.17) is 16.3 Å². The van der Waals surface area contributed by atoms with Crippen LogP contribution in [0.2, 0.25) is 5.02 Å². The molecule has 1 N–H and O–H groups in total. The van der Waals surface area contributed by atoms with Crippen molar-refractivity contribution in [3.8, 4) is 5.75 Å². The quantitative estimate of drug-likeness (QED) is 0.323. The van der Waals surface area contributed by atoms with E-state index >= 15 is 0 Å². The second-order valence-electron chi connectivity index (χ2n) is 8.16. The third-order valence-corrected chi connectivity index (χ3v) is 6.47. The molecule has 0 saturated carbocycles. The Morgan fingerprint density at radius 1 is 0.971 bits per heavy atom. The van der Waals surface area contributed by atoms with Crippen molar-refractivity contribution in [1.29, 1.82) is 0 Å². The molecule has 1 atom stereocenters. The number of hydrogen-bond donors (Lipinski definition) is 1. The number of likely N-dealkylation sites (N-methyl/N-ethyl adjacent to an activating group) is 1. The molecule has 184 valence electrons. The van der Waals surface area contributed by atoms with Gasteiger partial charge in [0.1, 0.15) is 11.8 Å². The Morgan fingerprint density at radius 3 is 2.37 bits per heavy atom. The standard InChI is InChI=1S/C28H30BrClN2O3/c1-3-20-13-14-26(24(29)16-20)35-19-27(33)32(18-22-11-8-12-23(30)15-22)25(28(34)31-4-2)17-21-9-6-5-7-10-21/h5-16,25H,3-4,17-19H2,1-2H3,(H,31,34)/t25-/m1/s1. The maximum absolute atomic E-state index is 13.6. The van der Waals surface area contributed by atoms with Gasteiger partial charge in [-0.1, -0.05) is 67.1 Å². The zero-order valence-electron chi connectivity index (χ0n) is 20.0. The van der Waals surface area contributed by atoms with Crippen molar-refractivity contribution >= 4 is 39.3 Å². The number of aryl methyl sites for hydroxylation is 1. The third kappa shape index (κ3) is 7.84. The number of ether oxygens (including phenoxy) is 1. The summed E-state index contributed by atoms with van der Waals surface area (Å²) in [7, 11) is 0. The van der Waals surface area contributed by atoms with Crippen molar-refractivity contribution in [3.63, 3.8) is 0 Å². The Hall–Kier alpha value is -2.83. The number of amides is 2. The van der Waals surface area contributed by atoms with Crippen LogP contribution in [0.3, 0.4) is 0 Å². The maximum Gasteiger partial charge on any atom is 0.261 e. The number of nitrogens with zero attached hydrogens (tertiary/aromatic N) is 1. The molecule has 35 heavy (non-hydrogen) atoms. The van der Waals surface area contributed by atoms with Crippen LogP contribution in [0.5, 0.6) is 5.75 Å². The SMILES string of the molecule is CCNC(=O)[C@@H](Cc1ccccc1)N(Cc1cccc(Cl)c1)C(=O)COc1ccc(CC)cc1Br. The number of hydrogen-bond acceptors (Lipinski definition) is 3. The zero-order chi connectivity index (χ0) is 25.2. The zero-order valence-corrected chi connectivity index (χ0v) is 22.3. The fourth-order valence-corrected chi connectivity index (χ4v) is 4.54. The predicted octanol–water partition coefficient (Wildman–Crippen LogP) is 5.82. The van der Waals surface area contributed by atoms with Crippen LogP contribution in [-0.4, -0.2) is 35.9 Å². The molecule has 0 heterocycles. The molecule has 0 fully saturated rings. The van der Waals surface area contributed by atoms with Gasteiger partial charge in [-0.15, -0.1) is 0 Å². The van der Waals surface area contributed by atoms with E-state index in [9.17, 15) is 9.59 Å². The van der Waals surface area contributed by atoms with Gasteiger partial charge in [-0.3, -0.25) is 9.59 Å². The summed E-state index contributed by atoms with van der Waals surface area (Å²) in [5, 5.41) is 3.46. The molecule has 0 aromatic heterocycles. The van der Waals surface area contributed by atoms with Gasteiger partial charge < -0.3 is 15.0 Å². The molecule has 5 nitrogen and oxygen atoms in total. The van der Waals surface area contributed by atoms with Gasteiger partial charge in [0, 0.05) is 24.5 Å². The highest BCUT2D eigenvalue weighted by molar-refractivity contribution is 9.10. The number of benzene rings is 3. The number of carbonyl (C=O) groups excluding carboxylic acids is 2. The summed E-state index contributed by atoms with van der Waals surface area (Å²) < 4.78 is 6.67. The van der Waals surface area contributed by atoms with Crippen LogP contribution >= 0.6 is 27.5 Å². The molecule has 0 aliphatic heterocycles. The fraction of sp³-hybridized carbons (Fsp3) is 0.286. The molecule has 0 unspecified atom stereocenters. The second kappa shape index (κ2) is 13.3. The molecule has 0 saturated heterocycles. The fourth-order valence-electron chi connectivity index (χ4n) is 3.78. The molecule has 3 aromatic rings.